The number of hydrogen-bond donors (Lipinski definition) is 1. The van der Waals surface area contributed by atoms with E-state index in [0.717, 1.165) is 44.6 Å². The smallest absolute Gasteiger partial charge is 0.221 e. The van der Waals surface area contributed by atoms with Crippen LogP contribution in [-0.4, -0.2) is 43.2 Å². The molecule has 6 heteroatoms. The van der Waals surface area contributed by atoms with Crippen molar-refractivity contribution in [2.75, 3.05) is 32.1 Å². The van der Waals surface area contributed by atoms with Gasteiger partial charge in [0, 0.05) is 32.8 Å². The standard InChI is InChI=1S/C23H29FN2O3/c1-18(27)25-20-10-8-19(9-11-20)16-26-14-5-12-23(28-2,13-15-26)17-29-22-7-4-3-6-21(22)24/h3-4,6-11H,5,12-17H2,1-2H3,(H,25,27)/t23-/m1/s1. The molecule has 29 heavy (non-hydrogen) atoms. The molecular weight excluding hydrogens is 371 g/mol. The molecule has 0 aliphatic carbocycles. The lowest BCUT2D eigenvalue weighted by Gasteiger charge is -2.31. The summed E-state index contributed by atoms with van der Waals surface area (Å²) in [4.78, 5) is 13.5. The number of likely N-dealkylation sites (tertiary alicyclic amines) is 1. The van der Waals surface area contributed by atoms with Crippen LogP contribution < -0.4 is 10.1 Å². The molecule has 1 saturated heterocycles. The van der Waals surface area contributed by atoms with Crippen molar-refractivity contribution in [3.63, 3.8) is 0 Å². The van der Waals surface area contributed by atoms with E-state index in [4.69, 9.17) is 9.47 Å². The Morgan fingerprint density at radius 1 is 1.14 bits per heavy atom. The summed E-state index contributed by atoms with van der Waals surface area (Å²) in [7, 11) is 1.71. The molecule has 1 aliphatic heterocycles. The topological polar surface area (TPSA) is 50.8 Å². The number of benzene rings is 2. The summed E-state index contributed by atoms with van der Waals surface area (Å²) in [5.74, 6) is -0.153. The molecular formula is C23H29FN2O3. The maximum atomic E-state index is 13.9. The number of amides is 1. The second kappa shape index (κ2) is 9.85. The van der Waals surface area contributed by atoms with Crippen LogP contribution >= 0.6 is 0 Å². The fraction of sp³-hybridized carbons (Fsp3) is 0.435. The second-order valence-corrected chi connectivity index (χ2v) is 7.61. The SMILES string of the molecule is CO[C@]1(COc2ccccc2F)CCCN(Cc2ccc(NC(C)=O)cc2)CC1. The Balaban J connectivity index is 1.56. The monoisotopic (exact) mass is 400 g/mol. The predicted octanol–water partition coefficient (Wildman–Crippen LogP) is 4.23. The van der Waals surface area contributed by atoms with Crippen molar-refractivity contribution in [1.82, 2.24) is 4.90 Å². The van der Waals surface area contributed by atoms with Gasteiger partial charge in [0.25, 0.3) is 0 Å². The summed E-state index contributed by atoms with van der Waals surface area (Å²) in [6.07, 6.45) is 2.68. The third-order valence-electron chi connectivity index (χ3n) is 5.43. The normalized spacial score (nSPS) is 20.1. The van der Waals surface area contributed by atoms with Crippen LogP contribution in [0, 0.1) is 5.82 Å². The van der Waals surface area contributed by atoms with E-state index in [1.165, 1.54) is 18.6 Å². The van der Waals surface area contributed by atoms with Crippen molar-refractivity contribution in [3.05, 3.63) is 59.9 Å². The quantitative estimate of drug-likeness (QED) is 0.756. The van der Waals surface area contributed by atoms with Crippen molar-refractivity contribution in [1.29, 1.82) is 0 Å². The van der Waals surface area contributed by atoms with Gasteiger partial charge in [0.2, 0.25) is 5.91 Å². The highest BCUT2D eigenvalue weighted by Crippen LogP contribution is 2.28. The molecule has 0 radical (unpaired) electrons. The van der Waals surface area contributed by atoms with Crippen LogP contribution in [0.3, 0.4) is 0 Å². The van der Waals surface area contributed by atoms with Gasteiger partial charge in [-0.25, -0.2) is 4.39 Å². The number of carbonyl (C=O) groups excluding carboxylic acids is 1. The minimum absolute atomic E-state index is 0.0706. The molecule has 1 N–H and O–H groups in total. The van der Waals surface area contributed by atoms with Gasteiger partial charge in [0.15, 0.2) is 11.6 Å². The molecule has 1 heterocycles. The van der Waals surface area contributed by atoms with Crippen LogP contribution in [0.1, 0.15) is 31.7 Å². The van der Waals surface area contributed by atoms with Crippen LogP contribution in [0.25, 0.3) is 0 Å². The van der Waals surface area contributed by atoms with Gasteiger partial charge in [0.1, 0.15) is 12.2 Å². The second-order valence-electron chi connectivity index (χ2n) is 7.61. The lowest BCUT2D eigenvalue weighted by Crippen LogP contribution is -2.39. The van der Waals surface area contributed by atoms with Gasteiger partial charge in [0.05, 0.1) is 0 Å². The summed E-state index contributed by atoms with van der Waals surface area (Å²) in [5.41, 5.74) is 1.60. The van der Waals surface area contributed by atoms with Gasteiger partial charge in [-0.1, -0.05) is 24.3 Å². The molecule has 0 spiro atoms. The molecule has 0 saturated carbocycles. The summed E-state index contributed by atoms with van der Waals surface area (Å²) in [6.45, 7) is 4.53. The Hall–Kier alpha value is -2.44. The minimum atomic E-state index is -0.410. The Bertz CT molecular complexity index is 812. The van der Waals surface area contributed by atoms with Crippen molar-refractivity contribution in [2.45, 2.75) is 38.3 Å². The fourth-order valence-corrected chi connectivity index (χ4v) is 3.72. The molecule has 2 aromatic carbocycles. The van der Waals surface area contributed by atoms with Crippen LogP contribution in [-0.2, 0) is 16.1 Å². The average Bonchev–Trinajstić information content (AvgIpc) is 2.91. The molecule has 156 valence electrons. The van der Waals surface area contributed by atoms with Crippen molar-refractivity contribution < 1.29 is 18.7 Å². The first kappa shape index (κ1) is 21.3. The van der Waals surface area contributed by atoms with Crippen LogP contribution in [0.15, 0.2) is 48.5 Å². The first-order chi connectivity index (χ1) is 14.0. The molecule has 1 amide bonds. The van der Waals surface area contributed by atoms with Gasteiger partial charge >= 0.3 is 0 Å². The number of carbonyl (C=O) groups is 1. The van der Waals surface area contributed by atoms with E-state index in [1.54, 1.807) is 25.3 Å². The van der Waals surface area contributed by atoms with E-state index in [1.807, 2.05) is 24.3 Å². The fourth-order valence-electron chi connectivity index (χ4n) is 3.72. The predicted molar refractivity (Wildman–Crippen MR) is 112 cm³/mol. The Labute approximate surface area is 171 Å². The molecule has 2 aromatic rings. The highest BCUT2D eigenvalue weighted by atomic mass is 19.1. The van der Waals surface area contributed by atoms with E-state index in [2.05, 4.69) is 10.2 Å². The molecule has 0 bridgehead atoms. The summed E-state index contributed by atoms with van der Waals surface area (Å²) >= 11 is 0. The molecule has 1 atom stereocenters. The van der Waals surface area contributed by atoms with Crippen molar-refractivity contribution in [3.8, 4) is 5.75 Å². The molecule has 3 rings (SSSR count). The zero-order valence-electron chi connectivity index (χ0n) is 17.1. The lowest BCUT2D eigenvalue weighted by molar-refractivity contribution is -0.114. The highest BCUT2D eigenvalue weighted by molar-refractivity contribution is 5.88. The Kier molecular flexibility index (Phi) is 7.23. The molecule has 0 unspecified atom stereocenters. The third kappa shape index (κ3) is 6.02. The maximum Gasteiger partial charge on any atom is 0.221 e. The lowest BCUT2D eigenvalue weighted by atomic mass is 9.95. The number of halogens is 1. The van der Waals surface area contributed by atoms with E-state index < -0.39 is 5.60 Å². The maximum absolute atomic E-state index is 13.9. The highest BCUT2D eigenvalue weighted by Gasteiger charge is 2.33. The van der Waals surface area contributed by atoms with Crippen LogP contribution in [0.5, 0.6) is 5.75 Å². The molecule has 5 nitrogen and oxygen atoms in total. The van der Waals surface area contributed by atoms with Gasteiger partial charge in [-0.3, -0.25) is 9.69 Å². The summed E-state index contributed by atoms with van der Waals surface area (Å²) < 4.78 is 25.5. The number of anilines is 1. The van der Waals surface area contributed by atoms with E-state index in [0.29, 0.717) is 6.61 Å². The number of hydrogen-bond acceptors (Lipinski definition) is 4. The number of nitrogens with one attached hydrogen (secondary N) is 1. The van der Waals surface area contributed by atoms with Gasteiger partial charge in [-0.05, 0) is 55.6 Å². The Morgan fingerprint density at radius 3 is 2.59 bits per heavy atom. The average molecular weight is 400 g/mol. The minimum Gasteiger partial charge on any atom is -0.488 e. The number of ether oxygens (including phenoxy) is 2. The number of para-hydroxylation sites is 1. The number of methoxy groups -OCH3 is 1. The van der Waals surface area contributed by atoms with Crippen LogP contribution in [0.4, 0.5) is 10.1 Å². The van der Waals surface area contributed by atoms with Crippen LogP contribution in [0.2, 0.25) is 0 Å². The molecule has 1 aliphatic rings. The Morgan fingerprint density at radius 2 is 1.90 bits per heavy atom. The molecule has 0 aromatic heterocycles. The largest absolute Gasteiger partial charge is 0.488 e. The van der Waals surface area contributed by atoms with Gasteiger partial charge in [-0.15, -0.1) is 0 Å². The first-order valence-electron chi connectivity index (χ1n) is 10.0. The first-order valence-corrected chi connectivity index (χ1v) is 10.0. The van der Waals surface area contributed by atoms with Gasteiger partial charge < -0.3 is 14.8 Å². The van der Waals surface area contributed by atoms with Gasteiger partial charge in [-0.2, -0.15) is 0 Å². The zero-order valence-corrected chi connectivity index (χ0v) is 17.1. The summed E-state index contributed by atoms with van der Waals surface area (Å²) in [6, 6.07) is 14.4. The zero-order chi connectivity index (χ0) is 20.7. The van der Waals surface area contributed by atoms with E-state index >= 15 is 0 Å². The van der Waals surface area contributed by atoms with E-state index in [-0.39, 0.29) is 17.5 Å². The number of nitrogens with zero attached hydrogens (tertiary/aromatic N) is 1. The van der Waals surface area contributed by atoms with E-state index in [9.17, 15) is 9.18 Å². The number of rotatable bonds is 7. The molecule has 1 fully saturated rings. The van der Waals surface area contributed by atoms with Crippen molar-refractivity contribution in [2.24, 2.45) is 0 Å². The summed E-state index contributed by atoms with van der Waals surface area (Å²) in [5, 5.41) is 2.79. The third-order valence-corrected chi connectivity index (χ3v) is 5.43. The van der Waals surface area contributed by atoms with Crippen molar-refractivity contribution >= 4 is 11.6 Å².